The van der Waals surface area contributed by atoms with Gasteiger partial charge in [-0.05, 0) is 69.1 Å². The van der Waals surface area contributed by atoms with E-state index in [9.17, 15) is 10.4 Å². The summed E-state index contributed by atoms with van der Waals surface area (Å²) in [5.41, 5.74) is 0.860. The second kappa shape index (κ2) is 9.33. The van der Waals surface area contributed by atoms with Gasteiger partial charge in [-0.15, -0.1) is 0 Å². The van der Waals surface area contributed by atoms with Crippen molar-refractivity contribution in [2.24, 2.45) is 0 Å². The molecule has 1 saturated heterocycles. The first kappa shape index (κ1) is 23.3. The molecule has 0 bridgehead atoms. The average molecular weight is 470 g/mol. The quantitative estimate of drug-likeness (QED) is 0.598. The summed E-state index contributed by atoms with van der Waals surface area (Å²) in [6, 6.07) is 19.6. The van der Waals surface area contributed by atoms with Crippen molar-refractivity contribution in [1.29, 1.82) is 5.26 Å². The maximum Gasteiger partial charge on any atom is 0.174 e. The van der Waals surface area contributed by atoms with Gasteiger partial charge in [0.25, 0.3) is 0 Å². The van der Waals surface area contributed by atoms with Gasteiger partial charge in [-0.3, -0.25) is 4.98 Å². The van der Waals surface area contributed by atoms with Crippen molar-refractivity contribution in [3.8, 4) is 17.6 Å². The second-order valence-corrected chi connectivity index (χ2v) is 9.61. The lowest BCUT2D eigenvalue weighted by molar-refractivity contribution is -0.106. The summed E-state index contributed by atoms with van der Waals surface area (Å²) < 4.78 is 12.2. The molecule has 1 aliphatic carbocycles. The first-order valence-corrected chi connectivity index (χ1v) is 12.2. The van der Waals surface area contributed by atoms with E-state index in [4.69, 9.17) is 9.47 Å². The molecule has 2 aliphatic heterocycles. The number of nitriles is 1. The van der Waals surface area contributed by atoms with E-state index in [0.717, 1.165) is 17.5 Å². The lowest BCUT2D eigenvalue weighted by Crippen LogP contribution is -2.48. The molecule has 1 saturated carbocycles. The number of ether oxygens (including phenoxy) is 2. The summed E-state index contributed by atoms with van der Waals surface area (Å²) in [7, 11) is 3.75. The summed E-state index contributed by atoms with van der Waals surface area (Å²) in [6.45, 7) is 2.64. The van der Waals surface area contributed by atoms with Crippen LogP contribution in [0, 0.1) is 11.3 Å². The SMILES string of the molecule is CN1CCCC1.COc1cncc2c1[C@]1(O)CC[C@@H](c3ccccc3)[C@]1(c1ccc(C#N)cc1)O2. The highest BCUT2D eigenvalue weighted by atomic mass is 16.5. The molecule has 0 radical (unpaired) electrons. The molecule has 3 heterocycles. The number of hydrogen-bond donors (Lipinski definition) is 1. The number of benzene rings is 2. The molecule has 3 aliphatic rings. The monoisotopic (exact) mass is 469 g/mol. The first-order valence-electron chi connectivity index (χ1n) is 12.2. The molecule has 2 aromatic carbocycles. The highest BCUT2D eigenvalue weighted by molar-refractivity contribution is 5.57. The Labute approximate surface area is 206 Å². The zero-order valence-electron chi connectivity index (χ0n) is 20.3. The Hall–Kier alpha value is -3.40. The molecule has 6 rings (SSSR count). The predicted octanol–water partition coefficient (Wildman–Crippen LogP) is 4.73. The zero-order valence-corrected chi connectivity index (χ0v) is 20.3. The van der Waals surface area contributed by atoms with Crippen LogP contribution in [-0.2, 0) is 11.2 Å². The minimum absolute atomic E-state index is 0.0706. The number of methoxy groups -OCH3 is 1. The summed E-state index contributed by atoms with van der Waals surface area (Å²) in [6.07, 6.45) is 7.37. The number of likely N-dealkylation sites (tertiary alicyclic amines) is 1. The van der Waals surface area contributed by atoms with Gasteiger partial charge in [0.05, 0.1) is 36.7 Å². The molecule has 6 nitrogen and oxygen atoms in total. The molecule has 6 heteroatoms. The molecular formula is C29H31N3O3. The van der Waals surface area contributed by atoms with E-state index in [-0.39, 0.29) is 5.92 Å². The maximum atomic E-state index is 12.2. The Morgan fingerprint density at radius 1 is 1.09 bits per heavy atom. The van der Waals surface area contributed by atoms with Gasteiger partial charge in [0.1, 0.15) is 17.1 Å². The highest BCUT2D eigenvalue weighted by Crippen LogP contribution is 2.67. The number of fused-ring (bicyclic) bond motifs is 3. The van der Waals surface area contributed by atoms with Gasteiger partial charge in [0, 0.05) is 5.92 Å². The standard InChI is InChI=1S/C24H20N2O3.C5H11N/c1-28-20-14-26-15-21-22(20)23(27)12-11-19(17-5-3-2-4-6-17)24(23,29-21)18-9-7-16(13-25)8-10-18;1-6-4-2-3-5-6/h2-10,14-15,19,27H,11-12H2,1H3;2-5H2,1H3/t19-,23+,24-;/m0./s1. The number of aromatic nitrogens is 1. The van der Waals surface area contributed by atoms with Gasteiger partial charge in [-0.2, -0.15) is 5.26 Å². The number of nitrogens with zero attached hydrogens (tertiary/aromatic N) is 3. The topological polar surface area (TPSA) is 78.6 Å². The number of hydrogen-bond acceptors (Lipinski definition) is 6. The van der Waals surface area contributed by atoms with Crippen molar-refractivity contribution in [3.63, 3.8) is 0 Å². The summed E-state index contributed by atoms with van der Waals surface area (Å²) >= 11 is 0. The minimum atomic E-state index is -1.27. The predicted molar refractivity (Wildman–Crippen MR) is 133 cm³/mol. The van der Waals surface area contributed by atoms with Crippen LogP contribution >= 0.6 is 0 Å². The van der Waals surface area contributed by atoms with Crippen LogP contribution in [0.5, 0.6) is 11.5 Å². The molecule has 2 fully saturated rings. The van der Waals surface area contributed by atoms with Crippen molar-refractivity contribution >= 4 is 0 Å². The zero-order chi connectivity index (χ0) is 24.5. The van der Waals surface area contributed by atoms with Gasteiger partial charge in [-0.1, -0.05) is 42.5 Å². The number of pyridine rings is 1. The fraction of sp³-hybridized carbons (Fsp3) is 0.379. The fourth-order valence-corrected chi connectivity index (χ4v) is 5.99. The fourth-order valence-electron chi connectivity index (χ4n) is 5.99. The lowest BCUT2D eigenvalue weighted by atomic mass is 9.71. The van der Waals surface area contributed by atoms with Crippen LogP contribution in [0.2, 0.25) is 0 Å². The molecule has 180 valence electrons. The Morgan fingerprint density at radius 2 is 1.80 bits per heavy atom. The van der Waals surface area contributed by atoms with Crippen LogP contribution in [0.4, 0.5) is 0 Å². The molecule has 0 unspecified atom stereocenters. The van der Waals surface area contributed by atoms with Gasteiger partial charge < -0.3 is 19.5 Å². The smallest absolute Gasteiger partial charge is 0.174 e. The number of aliphatic hydroxyl groups is 1. The van der Waals surface area contributed by atoms with Crippen LogP contribution in [0.3, 0.4) is 0 Å². The van der Waals surface area contributed by atoms with Gasteiger partial charge >= 0.3 is 0 Å². The van der Waals surface area contributed by atoms with Crippen LogP contribution in [0.15, 0.2) is 67.0 Å². The Morgan fingerprint density at radius 3 is 2.40 bits per heavy atom. The van der Waals surface area contributed by atoms with Crippen molar-refractivity contribution in [1.82, 2.24) is 9.88 Å². The molecule has 3 aromatic rings. The Balaban J connectivity index is 0.000000371. The van der Waals surface area contributed by atoms with E-state index in [2.05, 4.69) is 35.1 Å². The van der Waals surface area contributed by atoms with Crippen molar-refractivity contribution in [3.05, 3.63) is 89.2 Å². The largest absolute Gasteiger partial charge is 0.495 e. The second-order valence-electron chi connectivity index (χ2n) is 9.61. The average Bonchev–Trinajstić information content (AvgIpc) is 3.56. The van der Waals surface area contributed by atoms with Crippen LogP contribution < -0.4 is 9.47 Å². The highest BCUT2D eigenvalue weighted by Gasteiger charge is 2.69. The maximum absolute atomic E-state index is 12.2. The van der Waals surface area contributed by atoms with Gasteiger partial charge in [-0.25, -0.2) is 0 Å². The van der Waals surface area contributed by atoms with Crippen LogP contribution in [0.1, 0.15) is 53.9 Å². The van der Waals surface area contributed by atoms with Crippen molar-refractivity contribution < 1.29 is 14.6 Å². The molecule has 35 heavy (non-hydrogen) atoms. The third-order valence-electron chi connectivity index (χ3n) is 7.66. The Kier molecular flexibility index (Phi) is 6.22. The molecule has 0 amide bonds. The van der Waals surface area contributed by atoms with E-state index in [1.165, 1.54) is 25.9 Å². The summed E-state index contributed by atoms with van der Waals surface area (Å²) in [5, 5.41) is 21.4. The molecule has 3 atom stereocenters. The first-order chi connectivity index (χ1) is 17.0. The van der Waals surface area contributed by atoms with Crippen LogP contribution in [0.25, 0.3) is 0 Å². The normalized spacial score (nSPS) is 26.6. The molecule has 1 N–H and O–H groups in total. The van der Waals surface area contributed by atoms with E-state index >= 15 is 0 Å². The molecular weight excluding hydrogens is 438 g/mol. The van der Waals surface area contributed by atoms with E-state index < -0.39 is 11.2 Å². The van der Waals surface area contributed by atoms with Crippen LogP contribution in [-0.4, -0.2) is 42.2 Å². The van der Waals surface area contributed by atoms with Gasteiger partial charge in [0.2, 0.25) is 0 Å². The molecule has 1 aromatic heterocycles. The third-order valence-corrected chi connectivity index (χ3v) is 7.66. The van der Waals surface area contributed by atoms with E-state index in [1.54, 1.807) is 31.6 Å². The number of rotatable bonds is 3. The van der Waals surface area contributed by atoms with E-state index in [0.29, 0.717) is 29.0 Å². The van der Waals surface area contributed by atoms with Gasteiger partial charge in [0.15, 0.2) is 5.60 Å². The Bertz CT molecular complexity index is 1220. The van der Waals surface area contributed by atoms with E-state index in [1.807, 2.05) is 30.3 Å². The lowest BCUT2D eigenvalue weighted by Gasteiger charge is -2.40. The summed E-state index contributed by atoms with van der Waals surface area (Å²) in [4.78, 5) is 6.59. The van der Waals surface area contributed by atoms with Crippen molar-refractivity contribution in [2.75, 3.05) is 27.2 Å². The molecule has 0 spiro atoms. The summed E-state index contributed by atoms with van der Waals surface area (Å²) in [5.74, 6) is 0.991. The third kappa shape index (κ3) is 3.76. The minimum Gasteiger partial charge on any atom is -0.495 e. The van der Waals surface area contributed by atoms with Crippen molar-refractivity contribution in [2.45, 2.75) is 42.8 Å².